The molecule has 17 heavy (non-hydrogen) atoms. The molecule has 1 rings (SSSR count). The van der Waals surface area contributed by atoms with E-state index in [0.29, 0.717) is 0 Å². The summed E-state index contributed by atoms with van der Waals surface area (Å²) in [6, 6.07) is 7.72. The third-order valence-corrected chi connectivity index (χ3v) is 4.25. The van der Waals surface area contributed by atoms with Crippen LogP contribution in [0.2, 0.25) is 0 Å². The molecule has 0 aliphatic rings. The van der Waals surface area contributed by atoms with Crippen LogP contribution in [-0.2, 0) is 0 Å². The fraction of sp³-hybridized carbons (Fsp3) is 0.357. The maximum absolute atomic E-state index is 12.0. The van der Waals surface area contributed by atoms with Gasteiger partial charge in [0.1, 0.15) is 0 Å². The highest BCUT2D eigenvalue weighted by Crippen LogP contribution is 2.28. The largest absolute Gasteiger partial charge is 0.289 e. The number of hydrogen-bond acceptors (Lipinski definition) is 3. The molecule has 0 saturated heterocycles. The first-order chi connectivity index (χ1) is 8.17. The van der Waals surface area contributed by atoms with Crippen molar-refractivity contribution >= 4 is 29.3 Å². The average molecular weight is 266 g/mol. The van der Waals surface area contributed by atoms with Crippen LogP contribution in [0.25, 0.3) is 0 Å². The predicted octanol–water partition coefficient (Wildman–Crippen LogP) is 4.53. The first-order valence-electron chi connectivity index (χ1n) is 5.75. The van der Waals surface area contributed by atoms with Gasteiger partial charge in [-0.25, -0.2) is 0 Å². The van der Waals surface area contributed by atoms with Crippen molar-refractivity contribution in [1.29, 1.82) is 0 Å². The van der Waals surface area contributed by atoms with Crippen molar-refractivity contribution in [3.05, 3.63) is 45.7 Å². The lowest BCUT2D eigenvalue weighted by Gasteiger charge is -2.03. The first-order valence-corrected chi connectivity index (χ1v) is 7.72. The van der Waals surface area contributed by atoms with Gasteiger partial charge in [-0.2, -0.15) is 0 Å². The SMILES string of the molecule is CCSC(=CC(=O)c1ccc(C)cc1)SCC. The standard InChI is InChI=1S/C14H18OS2/c1-4-16-14(17-5-2)10-13(15)12-8-6-11(3)7-9-12/h6-10H,4-5H2,1-3H3. The summed E-state index contributed by atoms with van der Waals surface area (Å²) < 4.78 is 1.11. The van der Waals surface area contributed by atoms with E-state index in [0.717, 1.165) is 21.3 Å². The summed E-state index contributed by atoms with van der Waals surface area (Å²) in [5, 5.41) is 0. The van der Waals surface area contributed by atoms with Crippen LogP contribution in [0, 0.1) is 6.92 Å². The molecule has 0 spiro atoms. The molecule has 0 radical (unpaired) electrons. The Labute approximate surface area is 112 Å². The lowest BCUT2D eigenvalue weighted by molar-refractivity contribution is 0.104. The van der Waals surface area contributed by atoms with Gasteiger partial charge in [-0.15, -0.1) is 23.5 Å². The number of rotatable bonds is 6. The molecular formula is C14H18OS2. The van der Waals surface area contributed by atoms with E-state index in [2.05, 4.69) is 13.8 Å². The van der Waals surface area contributed by atoms with Crippen molar-refractivity contribution in [2.75, 3.05) is 11.5 Å². The van der Waals surface area contributed by atoms with Crippen LogP contribution >= 0.6 is 23.5 Å². The third-order valence-electron chi connectivity index (χ3n) is 2.16. The Hall–Kier alpha value is -0.670. The van der Waals surface area contributed by atoms with Crippen molar-refractivity contribution in [2.45, 2.75) is 20.8 Å². The molecule has 0 atom stereocenters. The van der Waals surface area contributed by atoms with Crippen LogP contribution in [0.15, 0.2) is 34.6 Å². The molecular weight excluding hydrogens is 248 g/mol. The quantitative estimate of drug-likeness (QED) is 0.556. The van der Waals surface area contributed by atoms with Gasteiger partial charge >= 0.3 is 0 Å². The van der Waals surface area contributed by atoms with E-state index in [4.69, 9.17) is 0 Å². The Bertz CT molecular complexity index is 385. The van der Waals surface area contributed by atoms with Gasteiger partial charge in [0, 0.05) is 15.9 Å². The summed E-state index contributed by atoms with van der Waals surface area (Å²) in [5.74, 6) is 2.10. The molecule has 92 valence electrons. The molecule has 1 aromatic rings. The Balaban J connectivity index is 2.80. The molecule has 0 saturated carbocycles. The third kappa shape index (κ3) is 5.00. The van der Waals surface area contributed by atoms with Gasteiger partial charge in [-0.1, -0.05) is 43.7 Å². The number of benzene rings is 1. The molecule has 0 N–H and O–H groups in total. The van der Waals surface area contributed by atoms with Crippen molar-refractivity contribution in [3.63, 3.8) is 0 Å². The van der Waals surface area contributed by atoms with Gasteiger partial charge in [-0.3, -0.25) is 4.79 Å². The Morgan fingerprint density at radius 1 is 1.12 bits per heavy atom. The van der Waals surface area contributed by atoms with E-state index >= 15 is 0 Å². The minimum atomic E-state index is 0.0990. The van der Waals surface area contributed by atoms with Crippen molar-refractivity contribution in [1.82, 2.24) is 0 Å². The minimum absolute atomic E-state index is 0.0990. The van der Waals surface area contributed by atoms with Crippen molar-refractivity contribution < 1.29 is 4.79 Å². The lowest BCUT2D eigenvalue weighted by atomic mass is 10.1. The summed E-state index contributed by atoms with van der Waals surface area (Å²) in [5.41, 5.74) is 1.94. The lowest BCUT2D eigenvalue weighted by Crippen LogP contribution is -1.95. The molecule has 3 heteroatoms. The Morgan fingerprint density at radius 2 is 1.65 bits per heavy atom. The second-order valence-corrected chi connectivity index (χ2v) is 6.43. The van der Waals surface area contributed by atoms with Gasteiger partial charge in [0.15, 0.2) is 5.78 Å². The maximum Gasteiger partial charge on any atom is 0.187 e. The minimum Gasteiger partial charge on any atom is -0.289 e. The van der Waals surface area contributed by atoms with E-state index in [1.165, 1.54) is 5.56 Å². The first kappa shape index (κ1) is 14.4. The van der Waals surface area contributed by atoms with Crippen molar-refractivity contribution in [3.8, 4) is 0 Å². The van der Waals surface area contributed by atoms with Gasteiger partial charge in [0.05, 0.1) is 0 Å². The Morgan fingerprint density at radius 3 is 2.12 bits per heavy atom. The molecule has 0 unspecified atom stereocenters. The zero-order valence-corrected chi connectivity index (χ0v) is 12.2. The summed E-state index contributed by atoms with van der Waals surface area (Å²) in [6.45, 7) is 6.23. The van der Waals surface area contributed by atoms with Crippen LogP contribution in [0.4, 0.5) is 0 Å². The van der Waals surface area contributed by atoms with Gasteiger partial charge in [0.25, 0.3) is 0 Å². The van der Waals surface area contributed by atoms with Crippen molar-refractivity contribution in [2.24, 2.45) is 0 Å². The number of hydrogen-bond donors (Lipinski definition) is 0. The molecule has 0 aliphatic heterocycles. The average Bonchev–Trinajstić information content (AvgIpc) is 2.30. The molecule has 1 aromatic carbocycles. The van der Waals surface area contributed by atoms with Crippen LogP contribution in [0.3, 0.4) is 0 Å². The summed E-state index contributed by atoms with van der Waals surface area (Å²) in [6.07, 6.45) is 1.76. The van der Waals surface area contributed by atoms with E-state index in [9.17, 15) is 4.79 Å². The number of ketones is 1. The van der Waals surface area contributed by atoms with Gasteiger partial charge < -0.3 is 0 Å². The number of aryl methyl sites for hydroxylation is 1. The fourth-order valence-electron chi connectivity index (χ4n) is 1.32. The molecule has 0 heterocycles. The second kappa shape index (κ2) is 7.62. The molecule has 0 aliphatic carbocycles. The molecule has 0 fully saturated rings. The monoisotopic (exact) mass is 266 g/mol. The maximum atomic E-state index is 12.0. The van der Waals surface area contributed by atoms with E-state index in [1.807, 2.05) is 31.2 Å². The van der Waals surface area contributed by atoms with Crippen LogP contribution in [0.1, 0.15) is 29.8 Å². The predicted molar refractivity (Wildman–Crippen MR) is 79.9 cm³/mol. The molecule has 0 amide bonds. The van der Waals surface area contributed by atoms with E-state index < -0.39 is 0 Å². The normalized spacial score (nSPS) is 10.1. The highest BCUT2D eigenvalue weighted by molar-refractivity contribution is 8.22. The fourth-order valence-corrected chi connectivity index (χ4v) is 3.31. The van der Waals surface area contributed by atoms with E-state index in [1.54, 1.807) is 29.6 Å². The van der Waals surface area contributed by atoms with Crippen LogP contribution in [0.5, 0.6) is 0 Å². The smallest absolute Gasteiger partial charge is 0.187 e. The second-order valence-electron chi connectivity index (χ2n) is 3.56. The van der Waals surface area contributed by atoms with Crippen LogP contribution < -0.4 is 0 Å². The topological polar surface area (TPSA) is 17.1 Å². The number of thioether (sulfide) groups is 2. The summed E-state index contributed by atoms with van der Waals surface area (Å²) >= 11 is 3.46. The van der Waals surface area contributed by atoms with Gasteiger partial charge in [-0.05, 0) is 18.4 Å². The number of carbonyl (C=O) groups excluding carboxylic acids is 1. The zero-order valence-electron chi connectivity index (χ0n) is 10.5. The highest BCUT2D eigenvalue weighted by Gasteiger charge is 2.05. The summed E-state index contributed by atoms with van der Waals surface area (Å²) in [4.78, 5) is 12.0. The molecule has 0 aromatic heterocycles. The zero-order chi connectivity index (χ0) is 12.7. The van der Waals surface area contributed by atoms with Crippen LogP contribution in [-0.4, -0.2) is 17.3 Å². The highest BCUT2D eigenvalue weighted by atomic mass is 32.2. The van der Waals surface area contributed by atoms with E-state index in [-0.39, 0.29) is 5.78 Å². The molecule has 0 bridgehead atoms. The number of carbonyl (C=O) groups is 1. The molecule has 1 nitrogen and oxygen atoms in total. The number of allylic oxidation sites excluding steroid dienone is 1. The Kier molecular flexibility index (Phi) is 6.45. The summed E-state index contributed by atoms with van der Waals surface area (Å²) in [7, 11) is 0. The van der Waals surface area contributed by atoms with Gasteiger partial charge in [0.2, 0.25) is 0 Å².